The van der Waals surface area contributed by atoms with Crippen LogP contribution >= 0.6 is 0 Å². The second-order valence-corrected chi connectivity index (χ2v) is 5.44. The first kappa shape index (κ1) is 17.8. The molecule has 120 valence electrons. The van der Waals surface area contributed by atoms with Crippen molar-refractivity contribution < 1.29 is 14.3 Å². The maximum atomic E-state index is 12.2. The normalized spacial score (nSPS) is 10.7. The number of methoxy groups -OCH3 is 1. The van der Waals surface area contributed by atoms with Crippen molar-refractivity contribution in [2.45, 2.75) is 20.3 Å². The van der Waals surface area contributed by atoms with E-state index in [-0.39, 0.29) is 11.8 Å². The zero-order valence-electron chi connectivity index (χ0n) is 13.4. The minimum absolute atomic E-state index is 0.302. The van der Waals surface area contributed by atoms with Crippen molar-refractivity contribution in [2.24, 2.45) is 5.41 Å². The SMILES string of the molecule is C=CCNC(=O)C(C)(C)C(=O)NCCc1ccccc1OC. The molecular weight excluding hydrogens is 280 g/mol. The van der Waals surface area contributed by atoms with E-state index in [1.165, 1.54) is 0 Å². The standard InChI is InChI=1S/C17H24N2O3/c1-5-11-18-15(20)17(2,3)16(21)19-12-10-13-8-6-7-9-14(13)22-4/h5-9H,1,10-12H2,2-4H3,(H,18,20)(H,19,21). The molecule has 0 aliphatic rings. The molecule has 1 aromatic carbocycles. The first-order valence-corrected chi connectivity index (χ1v) is 7.23. The molecule has 5 heteroatoms. The summed E-state index contributed by atoms with van der Waals surface area (Å²) in [6.07, 6.45) is 2.22. The van der Waals surface area contributed by atoms with Gasteiger partial charge in [0.1, 0.15) is 11.2 Å². The molecule has 1 rings (SSSR count). The number of benzene rings is 1. The summed E-state index contributed by atoms with van der Waals surface area (Å²) in [6, 6.07) is 7.65. The fourth-order valence-electron chi connectivity index (χ4n) is 1.93. The number of nitrogens with one attached hydrogen (secondary N) is 2. The van der Waals surface area contributed by atoms with Gasteiger partial charge in [0.25, 0.3) is 0 Å². The van der Waals surface area contributed by atoms with Gasteiger partial charge in [-0.15, -0.1) is 6.58 Å². The highest BCUT2D eigenvalue weighted by Gasteiger charge is 2.35. The summed E-state index contributed by atoms with van der Waals surface area (Å²) in [5.74, 6) is 0.172. The molecule has 5 nitrogen and oxygen atoms in total. The lowest BCUT2D eigenvalue weighted by Crippen LogP contribution is -2.48. The van der Waals surface area contributed by atoms with Crippen molar-refractivity contribution in [1.29, 1.82) is 0 Å². The predicted octanol–water partition coefficient (Wildman–Crippen LogP) is 1.68. The van der Waals surface area contributed by atoms with Gasteiger partial charge in [0.05, 0.1) is 7.11 Å². The molecule has 0 aliphatic heterocycles. The molecule has 0 bridgehead atoms. The van der Waals surface area contributed by atoms with E-state index in [4.69, 9.17) is 4.74 Å². The molecule has 0 aliphatic carbocycles. The van der Waals surface area contributed by atoms with Crippen LogP contribution in [0.1, 0.15) is 19.4 Å². The Hall–Kier alpha value is -2.30. The zero-order chi connectivity index (χ0) is 16.6. The quantitative estimate of drug-likeness (QED) is 0.567. The molecule has 2 amide bonds. The Kier molecular flexibility index (Phi) is 6.63. The number of rotatable bonds is 8. The number of carbonyl (C=O) groups excluding carboxylic acids is 2. The van der Waals surface area contributed by atoms with E-state index in [0.29, 0.717) is 19.5 Å². The van der Waals surface area contributed by atoms with E-state index in [1.807, 2.05) is 24.3 Å². The van der Waals surface area contributed by atoms with Crippen molar-refractivity contribution in [2.75, 3.05) is 20.2 Å². The average Bonchev–Trinajstić information content (AvgIpc) is 2.52. The molecule has 0 radical (unpaired) electrons. The third-order valence-corrected chi connectivity index (χ3v) is 3.41. The minimum Gasteiger partial charge on any atom is -0.496 e. The number of hydrogen-bond donors (Lipinski definition) is 2. The summed E-state index contributed by atoms with van der Waals surface area (Å²) < 4.78 is 5.27. The highest BCUT2D eigenvalue weighted by molar-refractivity contribution is 6.04. The maximum absolute atomic E-state index is 12.2. The summed E-state index contributed by atoms with van der Waals surface area (Å²) in [4.78, 5) is 24.1. The number of para-hydroxylation sites is 1. The van der Waals surface area contributed by atoms with Crippen molar-refractivity contribution >= 4 is 11.8 Å². The van der Waals surface area contributed by atoms with Crippen molar-refractivity contribution in [3.63, 3.8) is 0 Å². The molecule has 0 saturated heterocycles. The Labute approximate surface area is 131 Å². The number of carbonyl (C=O) groups is 2. The van der Waals surface area contributed by atoms with Crippen LogP contribution in [-0.2, 0) is 16.0 Å². The molecule has 0 unspecified atom stereocenters. The van der Waals surface area contributed by atoms with Gasteiger partial charge in [-0.2, -0.15) is 0 Å². The van der Waals surface area contributed by atoms with Gasteiger partial charge in [-0.05, 0) is 31.9 Å². The first-order valence-electron chi connectivity index (χ1n) is 7.23. The smallest absolute Gasteiger partial charge is 0.235 e. The summed E-state index contributed by atoms with van der Waals surface area (Å²) in [7, 11) is 1.62. The Morgan fingerprint density at radius 1 is 1.23 bits per heavy atom. The topological polar surface area (TPSA) is 67.4 Å². The van der Waals surface area contributed by atoms with Crippen molar-refractivity contribution in [1.82, 2.24) is 10.6 Å². The third-order valence-electron chi connectivity index (χ3n) is 3.41. The van der Waals surface area contributed by atoms with Crippen LogP contribution in [0.2, 0.25) is 0 Å². The lowest BCUT2D eigenvalue weighted by Gasteiger charge is -2.22. The summed E-state index contributed by atoms with van der Waals surface area (Å²) in [6.45, 7) is 7.52. The number of ether oxygens (including phenoxy) is 1. The van der Waals surface area contributed by atoms with E-state index in [0.717, 1.165) is 11.3 Å². The summed E-state index contributed by atoms with van der Waals surface area (Å²) >= 11 is 0. The lowest BCUT2D eigenvalue weighted by molar-refractivity contribution is -0.141. The van der Waals surface area contributed by atoms with Gasteiger partial charge < -0.3 is 15.4 Å². The molecule has 22 heavy (non-hydrogen) atoms. The molecule has 0 atom stereocenters. The van der Waals surface area contributed by atoms with Crippen LogP contribution in [0.4, 0.5) is 0 Å². The molecular formula is C17H24N2O3. The average molecular weight is 304 g/mol. The van der Waals surface area contributed by atoms with E-state index >= 15 is 0 Å². The Balaban J connectivity index is 2.54. The Morgan fingerprint density at radius 2 is 1.86 bits per heavy atom. The second kappa shape index (κ2) is 8.22. The summed E-state index contributed by atoms with van der Waals surface area (Å²) in [5, 5.41) is 5.44. The first-order chi connectivity index (χ1) is 10.4. The van der Waals surface area contributed by atoms with Gasteiger partial charge in [0, 0.05) is 13.1 Å². The van der Waals surface area contributed by atoms with E-state index in [1.54, 1.807) is 27.0 Å². The number of hydrogen-bond acceptors (Lipinski definition) is 3. The highest BCUT2D eigenvalue weighted by Crippen LogP contribution is 2.18. The Bertz CT molecular complexity index is 538. The Morgan fingerprint density at radius 3 is 2.50 bits per heavy atom. The molecule has 2 N–H and O–H groups in total. The van der Waals surface area contributed by atoms with Gasteiger partial charge in [-0.25, -0.2) is 0 Å². The monoisotopic (exact) mass is 304 g/mol. The minimum atomic E-state index is -1.12. The van der Waals surface area contributed by atoms with Gasteiger partial charge in [-0.1, -0.05) is 24.3 Å². The zero-order valence-corrected chi connectivity index (χ0v) is 13.4. The van der Waals surface area contributed by atoms with Gasteiger partial charge in [0.2, 0.25) is 11.8 Å². The molecule has 0 aromatic heterocycles. The molecule has 0 spiro atoms. The van der Waals surface area contributed by atoms with Crippen LogP contribution in [0.5, 0.6) is 5.75 Å². The van der Waals surface area contributed by atoms with Crippen molar-refractivity contribution in [3.05, 3.63) is 42.5 Å². The predicted molar refractivity (Wildman–Crippen MR) is 86.7 cm³/mol. The van der Waals surface area contributed by atoms with Crippen LogP contribution in [0.3, 0.4) is 0 Å². The maximum Gasteiger partial charge on any atom is 0.235 e. The van der Waals surface area contributed by atoms with Crippen LogP contribution in [0.25, 0.3) is 0 Å². The van der Waals surface area contributed by atoms with Crippen LogP contribution in [0.15, 0.2) is 36.9 Å². The van der Waals surface area contributed by atoms with Crippen LogP contribution < -0.4 is 15.4 Å². The van der Waals surface area contributed by atoms with E-state index < -0.39 is 5.41 Å². The largest absolute Gasteiger partial charge is 0.496 e. The second-order valence-electron chi connectivity index (χ2n) is 5.44. The fourth-order valence-corrected chi connectivity index (χ4v) is 1.93. The van der Waals surface area contributed by atoms with Crippen molar-refractivity contribution in [3.8, 4) is 5.75 Å². The summed E-state index contributed by atoms with van der Waals surface area (Å²) in [5.41, 5.74) is -0.108. The van der Waals surface area contributed by atoms with E-state index in [9.17, 15) is 9.59 Å². The molecule has 0 fully saturated rings. The van der Waals surface area contributed by atoms with Gasteiger partial charge >= 0.3 is 0 Å². The molecule has 1 aromatic rings. The lowest BCUT2D eigenvalue weighted by atomic mass is 9.91. The van der Waals surface area contributed by atoms with Gasteiger partial charge in [0.15, 0.2) is 0 Å². The fraction of sp³-hybridized carbons (Fsp3) is 0.412. The molecule has 0 saturated carbocycles. The van der Waals surface area contributed by atoms with Gasteiger partial charge in [-0.3, -0.25) is 9.59 Å². The van der Waals surface area contributed by atoms with Crippen LogP contribution in [0, 0.1) is 5.41 Å². The molecule has 0 heterocycles. The number of amides is 2. The third kappa shape index (κ3) is 4.62. The van der Waals surface area contributed by atoms with Crippen LogP contribution in [-0.4, -0.2) is 32.0 Å². The highest BCUT2D eigenvalue weighted by atomic mass is 16.5. The van der Waals surface area contributed by atoms with E-state index in [2.05, 4.69) is 17.2 Å².